The third-order valence-corrected chi connectivity index (χ3v) is 5.78. The van der Waals surface area contributed by atoms with Gasteiger partial charge in [-0.25, -0.2) is 0 Å². The first-order valence-corrected chi connectivity index (χ1v) is 9.03. The first kappa shape index (κ1) is 15.4. The summed E-state index contributed by atoms with van der Waals surface area (Å²) in [5, 5.41) is 2.21. The maximum Gasteiger partial charge on any atom is 0.307 e. The molecule has 0 saturated carbocycles. The van der Waals surface area contributed by atoms with Crippen molar-refractivity contribution < 1.29 is 4.79 Å². The Hall–Kier alpha value is -1.53. The number of para-hydroxylation sites is 1. The van der Waals surface area contributed by atoms with E-state index in [0.717, 1.165) is 22.8 Å². The number of anilines is 1. The molecule has 6 heteroatoms. The molecule has 22 heavy (non-hydrogen) atoms. The molecule has 3 rings (SSSR count). The van der Waals surface area contributed by atoms with E-state index in [0.29, 0.717) is 18.2 Å². The monoisotopic (exact) mass is 334 g/mol. The first-order valence-electron chi connectivity index (χ1n) is 7.27. The fourth-order valence-corrected chi connectivity index (χ4v) is 4.52. The van der Waals surface area contributed by atoms with E-state index in [4.69, 9.17) is 0 Å². The number of carbonyl (C=O) groups excluding carboxylic acids is 1. The first-order chi connectivity index (χ1) is 10.6. The van der Waals surface area contributed by atoms with E-state index in [-0.39, 0.29) is 10.8 Å². The highest BCUT2D eigenvalue weighted by Crippen LogP contribution is 2.38. The Morgan fingerprint density at radius 3 is 2.86 bits per heavy atom. The second-order valence-electron chi connectivity index (χ2n) is 5.45. The van der Waals surface area contributed by atoms with Crippen LogP contribution in [0.25, 0.3) is 0 Å². The molecule has 2 aromatic rings. The number of amides is 1. The van der Waals surface area contributed by atoms with E-state index in [1.807, 2.05) is 35.4 Å². The molecule has 1 aliphatic heterocycles. The number of rotatable bonds is 3. The Bertz CT molecular complexity index is 751. The molecule has 1 aromatic carbocycles. The average Bonchev–Trinajstić information content (AvgIpc) is 2.82. The minimum Gasteiger partial charge on any atom is -0.310 e. The second kappa shape index (κ2) is 6.30. The van der Waals surface area contributed by atoms with Crippen LogP contribution in [-0.2, 0) is 11.3 Å². The zero-order chi connectivity index (χ0) is 15.7. The maximum absolute atomic E-state index is 12.6. The van der Waals surface area contributed by atoms with Crippen molar-refractivity contribution in [1.82, 2.24) is 4.57 Å². The Balaban J connectivity index is 1.77. The molecule has 0 fully saturated rings. The molecule has 2 heterocycles. The topological polar surface area (TPSA) is 42.3 Å². The van der Waals surface area contributed by atoms with E-state index < -0.39 is 0 Å². The van der Waals surface area contributed by atoms with Gasteiger partial charge in [-0.15, -0.1) is 11.8 Å². The molecule has 1 unspecified atom stereocenters. The lowest BCUT2D eigenvalue weighted by Gasteiger charge is -2.32. The molecule has 0 N–H and O–H groups in total. The number of fused-ring (bicyclic) bond motifs is 1. The summed E-state index contributed by atoms with van der Waals surface area (Å²) in [5.41, 5.74) is 1.91. The number of thiazole rings is 1. The molecule has 0 saturated heterocycles. The summed E-state index contributed by atoms with van der Waals surface area (Å²) in [6, 6.07) is 8.02. The SMILES string of the molecule is Cc1csc(=O)n1CCC(=O)N1CC(C)Sc2ccccc21. The second-order valence-corrected chi connectivity index (χ2v) is 7.75. The summed E-state index contributed by atoms with van der Waals surface area (Å²) in [6.07, 6.45) is 0.350. The molecule has 0 spiro atoms. The predicted octanol–water partition coefficient (Wildman–Crippen LogP) is 3.14. The molecule has 1 aliphatic rings. The van der Waals surface area contributed by atoms with E-state index >= 15 is 0 Å². The number of hydrogen-bond acceptors (Lipinski definition) is 4. The smallest absolute Gasteiger partial charge is 0.307 e. The third-order valence-electron chi connectivity index (χ3n) is 3.75. The van der Waals surface area contributed by atoms with Gasteiger partial charge in [-0.3, -0.25) is 9.59 Å². The van der Waals surface area contributed by atoms with Gasteiger partial charge in [0.05, 0.1) is 5.69 Å². The zero-order valence-electron chi connectivity index (χ0n) is 12.6. The van der Waals surface area contributed by atoms with Crippen LogP contribution in [0, 0.1) is 6.92 Å². The average molecular weight is 334 g/mol. The van der Waals surface area contributed by atoms with Crippen LogP contribution >= 0.6 is 23.1 Å². The van der Waals surface area contributed by atoms with Gasteiger partial charge in [0.2, 0.25) is 5.91 Å². The lowest BCUT2D eigenvalue weighted by Crippen LogP contribution is -2.39. The summed E-state index contributed by atoms with van der Waals surface area (Å²) in [5.74, 6) is 0.0806. The van der Waals surface area contributed by atoms with Gasteiger partial charge in [-0.2, -0.15) is 0 Å². The number of carbonyl (C=O) groups is 1. The van der Waals surface area contributed by atoms with Crippen LogP contribution in [0.1, 0.15) is 19.0 Å². The van der Waals surface area contributed by atoms with Crippen molar-refractivity contribution in [3.8, 4) is 0 Å². The minimum atomic E-state index is 0.00766. The van der Waals surface area contributed by atoms with Crippen LogP contribution in [0.4, 0.5) is 5.69 Å². The third kappa shape index (κ3) is 2.98. The summed E-state index contributed by atoms with van der Waals surface area (Å²) >= 11 is 2.99. The van der Waals surface area contributed by atoms with Crippen LogP contribution in [-0.4, -0.2) is 22.3 Å². The van der Waals surface area contributed by atoms with Gasteiger partial charge in [-0.1, -0.05) is 30.4 Å². The number of nitrogens with zero attached hydrogens (tertiary/aromatic N) is 2. The number of aryl methyl sites for hydroxylation is 1. The quantitative estimate of drug-likeness (QED) is 0.866. The summed E-state index contributed by atoms with van der Waals surface area (Å²) < 4.78 is 1.68. The fraction of sp³-hybridized carbons (Fsp3) is 0.375. The standard InChI is InChI=1S/C16H18N2O2S2/c1-11-10-21-16(20)17(11)8-7-15(19)18-9-12(2)22-14-6-4-3-5-13(14)18/h3-6,10,12H,7-9H2,1-2H3. The lowest BCUT2D eigenvalue weighted by atomic mass is 10.2. The van der Waals surface area contributed by atoms with E-state index in [2.05, 4.69) is 13.0 Å². The van der Waals surface area contributed by atoms with E-state index in [1.165, 1.54) is 11.3 Å². The van der Waals surface area contributed by atoms with Crippen LogP contribution in [0.2, 0.25) is 0 Å². The number of aromatic nitrogens is 1. The normalized spacial score (nSPS) is 17.4. The zero-order valence-corrected chi connectivity index (χ0v) is 14.2. The Morgan fingerprint density at radius 1 is 1.36 bits per heavy atom. The van der Waals surface area contributed by atoms with E-state index in [9.17, 15) is 9.59 Å². The molecule has 4 nitrogen and oxygen atoms in total. The molecule has 1 amide bonds. The summed E-state index contributed by atoms with van der Waals surface area (Å²) in [7, 11) is 0. The number of hydrogen-bond donors (Lipinski definition) is 0. The summed E-state index contributed by atoms with van der Waals surface area (Å²) in [4.78, 5) is 27.4. The Labute approximate surface area is 137 Å². The van der Waals surface area contributed by atoms with Crippen molar-refractivity contribution in [3.63, 3.8) is 0 Å². The highest BCUT2D eigenvalue weighted by atomic mass is 32.2. The van der Waals surface area contributed by atoms with Crippen LogP contribution in [0.3, 0.4) is 0 Å². The van der Waals surface area contributed by atoms with Gasteiger partial charge in [0.15, 0.2) is 0 Å². The van der Waals surface area contributed by atoms with Crippen molar-refractivity contribution in [2.24, 2.45) is 0 Å². The number of thioether (sulfide) groups is 1. The van der Waals surface area contributed by atoms with Crippen LogP contribution < -0.4 is 9.77 Å². The molecule has 1 atom stereocenters. The predicted molar refractivity (Wildman–Crippen MR) is 92.0 cm³/mol. The highest BCUT2D eigenvalue weighted by Gasteiger charge is 2.26. The van der Waals surface area contributed by atoms with Crippen molar-refractivity contribution in [1.29, 1.82) is 0 Å². The van der Waals surface area contributed by atoms with Crippen LogP contribution in [0.15, 0.2) is 39.3 Å². The van der Waals surface area contributed by atoms with Gasteiger partial charge >= 0.3 is 4.87 Å². The molecule has 116 valence electrons. The van der Waals surface area contributed by atoms with Gasteiger partial charge in [0.25, 0.3) is 0 Å². The Morgan fingerprint density at radius 2 is 2.14 bits per heavy atom. The van der Waals surface area contributed by atoms with Gasteiger partial charge in [0, 0.05) is 40.7 Å². The Kier molecular flexibility index (Phi) is 4.40. The molecule has 1 aromatic heterocycles. The van der Waals surface area contributed by atoms with Crippen molar-refractivity contribution in [3.05, 3.63) is 45.0 Å². The highest BCUT2D eigenvalue weighted by molar-refractivity contribution is 8.00. The summed E-state index contributed by atoms with van der Waals surface area (Å²) in [6.45, 7) is 5.21. The van der Waals surface area contributed by atoms with Gasteiger partial charge in [0.1, 0.15) is 0 Å². The van der Waals surface area contributed by atoms with Crippen molar-refractivity contribution in [2.45, 2.75) is 37.0 Å². The number of benzene rings is 1. The van der Waals surface area contributed by atoms with E-state index in [1.54, 1.807) is 16.3 Å². The van der Waals surface area contributed by atoms with Gasteiger partial charge in [-0.05, 0) is 19.1 Å². The maximum atomic E-state index is 12.6. The van der Waals surface area contributed by atoms with Crippen molar-refractivity contribution in [2.75, 3.05) is 11.4 Å². The van der Waals surface area contributed by atoms with Crippen molar-refractivity contribution >= 4 is 34.7 Å². The fourth-order valence-electron chi connectivity index (χ4n) is 2.64. The molecule has 0 radical (unpaired) electrons. The minimum absolute atomic E-state index is 0.00766. The molecular weight excluding hydrogens is 316 g/mol. The van der Waals surface area contributed by atoms with Crippen LogP contribution in [0.5, 0.6) is 0 Å². The molecule has 0 aliphatic carbocycles. The lowest BCUT2D eigenvalue weighted by molar-refractivity contribution is -0.118. The molecular formula is C16H18N2O2S2. The molecule has 0 bridgehead atoms. The van der Waals surface area contributed by atoms with Gasteiger partial charge < -0.3 is 9.47 Å². The largest absolute Gasteiger partial charge is 0.310 e.